The molecule has 4 nitrogen and oxygen atoms in total. The minimum Gasteiger partial charge on any atom is -0.481 e. The summed E-state index contributed by atoms with van der Waals surface area (Å²) in [5.41, 5.74) is -1.15. The van der Waals surface area contributed by atoms with Crippen LogP contribution in [-0.4, -0.2) is 20.9 Å². The van der Waals surface area contributed by atoms with Gasteiger partial charge >= 0.3 is 12.1 Å². The Labute approximate surface area is 93.6 Å². The van der Waals surface area contributed by atoms with Crippen molar-refractivity contribution in [1.29, 1.82) is 0 Å². The maximum absolute atomic E-state index is 12.3. The number of aromatic nitrogens is 2. The van der Waals surface area contributed by atoms with E-state index in [1.807, 2.05) is 0 Å². The summed E-state index contributed by atoms with van der Waals surface area (Å²) in [5, 5.41) is 11.1. The van der Waals surface area contributed by atoms with E-state index in [2.05, 4.69) is 5.10 Å². The van der Waals surface area contributed by atoms with E-state index in [1.165, 1.54) is 0 Å². The van der Waals surface area contributed by atoms with E-state index in [-0.39, 0.29) is 19.4 Å². The van der Waals surface area contributed by atoms with E-state index in [0.717, 1.165) is 10.9 Å². The van der Waals surface area contributed by atoms with E-state index in [9.17, 15) is 18.0 Å². The molecule has 8 heteroatoms. The minimum atomic E-state index is -4.59. The quantitative estimate of drug-likeness (QED) is 0.900. The largest absolute Gasteiger partial charge is 0.481 e. The zero-order valence-electron chi connectivity index (χ0n) is 7.96. The maximum atomic E-state index is 12.3. The van der Waals surface area contributed by atoms with Crippen LogP contribution in [0.2, 0.25) is 5.02 Å². The normalized spacial score (nSPS) is 11.8. The molecule has 1 aromatic rings. The summed E-state index contributed by atoms with van der Waals surface area (Å²) in [4.78, 5) is 10.2. The van der Waals surface area contributed by atoms with Gasteiger partial charge in [-0.1, -0.05) is 11.6 Å². The molecule has 90 valence electrons. The molecule has 1 aromatic heterocycles. The van der Waals surface area contributed by atoms with Gasteiger partial charge in [-0.3, -0.25) is 9.48 Å². The zero-order chi connectivity index (χ0) is 12.3. The van der Waals surface area contributed by atoms with Gasteiger partial charge in [0.15, 0.2) is 5.69 Å². The lowest BCUT2D eigenvalue weighted by Crippen LogP contribution is -2.09. The van der Waals surface area contributed by atoms with Gasteiger partial charge in [-0.25, -0.2) is 0 Å². The number of carbonyl (C=O) groups is 1. The molecular weight excluding hydrogens is 249 g/mol. The Balaban J connectivity index is 2.67. The van der Waals surface area contributed by atoms with Crippen LogP contribution in [0.5, 0.6) is 0 Å². The summed E-state index contributed by atoms with van der Waals surface area (Å²) < 4.78 is 37.8. The molecule has 0 fully saturated rings. The van der Waals surface area contributed by atoms with Crippen LogP contribution in [0.25, 0.3) is 0 Å². The number of nitrogens with zero attached hydrogens (tertiary/aromatic N) is 2. The van der Waals surface area contributed by atoms with E-state index >= 15 is 0 Å². The van der Waals surface area contributed by atoms with Crippen LogP contribution in [0.1, 0.15) is 18.5 Å². The van der Waals surface area contributed by atoms with Gasteiger partial charge in [0.1, 0.15) is 0 Å². The number of aryl methyl sites for hydroxylation is 1. The van der Waals surface area contributed by atoms with Gasteiger partial charge in [-0.05, 0) is 6.42 Å². The number of carboxylic acid groups (broad SMARTS) is 1. The first kappa shape index (κ1) is 12.8. The smallest absolute Gasteiger partial charge is 0.436 e. The predicted octanol–water partition coefficient (Wildman–Crippen LogP) is 2.42. The predicted molar refractivity (Wildman–Crippen MR) is 49.1 cm³/mol. The summed E-state index contributed by atoms with van der Waals surface area (Å²) in [6, 6.07) is 0. The first-order chi connectivity index (χ1) is 7.30. The van der Waals surface area contributed by atoms with E-state index in [4.69, 9.17) is 16.7 Å². The Morgan fingerprint density at radius 2 is 2.19 bits per heavy atom. The Kier molecular flexibility index (Phi) is 3.79. The lowest BCUT2D eigenvalue weighted by molar-refractivity contribution is -0.141. The Morgan fingerprint density at radius 1 is 1.56 bits per heavy atom. The number of rotatable bonds is 4. The molecule has 1 heterocycles. The van der Waals surface area contributed by atoms with Crippen LogP contribution in [0, 0.1) is 0 Å². The SMILES string of the molecule is O=C(O)CCCn1cc(Cl)c(C(F)(F)F)n1. The minimum absolute atomic E-state index is 0.0854. The topological polar surface area (TPSA) is 55.1 Å². The highest BCUT2D eigenvalue weighted by Crippen LogP contribution is 2.33. The highest BCUT2D eigenvalue weighted by molar-refractivity contribution is 6.31. The lowest BCUT2D eigenvalue weighted by atomic mass is 10.3. The van der Waals surface area contributed by atoms with Crippen molar-refractivity contribution in [2.75, 3.05) is 0 Å². The van der Waals surface area contributed by atoms with Crippen LogP contribution in [-0.2, 0) is 17.5 Å². The van der Waals surface area contributed by atoms with Crippen LogP contribution < -0.4 is 0 Å². The fourth-order valence-corrected chi connectivity index (χ4v) is 1.35. The molecule has 0 atom stereocenters. The fourth-order valence-electron chi connectivity index (χ4n) is 1.10. The molecule has 0 aliphatic rings. The van der Waals surface area contributed by atoms with Crippen molar-refractivity contribution in [1.82, 2.24) is 9.78 Å². The average molecular weight is 257 g/mol. The summed E-state index contributed by atoms with van der Waals surface area (Å²) in [5.74, 6) is -1.01. The molecule has 0 radical (unpaired) electrons. The highest BCUT2D eigenvalue weighted by Gasteiger charge is 2.36. The molecule has 0 saturated heterocycles. The molecular formula is C8H8ClF3N2O2. The van der Waals surface area contributed by atoms with E-state index < -0.39 is 22.9 Å². The summed E-state index contributed by atoms with van der Waals surface area (Å²) in [6.45, 7) is 0.0854. The number of aliphatic carboxylic acids is 1. The summed E-state index contributed by atoms with van der Waals surface area (Å²) in [7, 11) is 0. The third-order valence-electron chi connectivity index (χ3n) is 1.76. The van der Waals surface area contributed by atoms with Crippen LogP contribution >= 0.6 is 11.6 Å². The lowest BCUT2D eigenvalue weighted by Gasteiger charge is -2.02. The van der Waals surface area contributed by atoms with E-state index in [0.29, 0.717) is 0 Å². The maximum Gasteiger partial charge on any atom is 0.436 e. The van der Waals surface area contributed by atoms with E-state index in [1.54, 1.807) is 0 Å². The second-order valence-electron chi connectivity index (χ2n) is 3.08. The molecule has 0 bridgehead atoms. The van der Waals surface area contributed by atoms with Gasteiger partial charge in [-0.15, -0.1) is 0 Å². The number of hydrogen-bond donors (Lipinski definition) is 1. The van der Waals surface area contributed by atoms with Crippen LogP contribution in [0.15, 0.2) is 6.20 Å². The van der Waals surface area contributed by atoms with Crippen molar-refractivity contribution < 1.29 is 23.1 Å². The van der Waals surface area contributed by atoms with Crippen molar-refractivity contribution in [2.45, 2.75) is 25.6 Å². The summed E-state index contributed by atoms with van der Waals surface area (Å²) in [6.07, 6.45) is -3.48. The molecule has 0 aliphatic carbocycles. The monoisotopic (exact) mass is 256 g/mol. The van der Waals surface area contributed by atoms with Crippen molar-refractivity contribution in [3.63, 3.8) is 0 Å². The van der Waals surface area contributed by atoms with Gasteiger partial charge in [0.05, 0.1) is 5.02 Å². The Hall–Kier alpha value is -1.24. The van der Waals surface area contributed by atoms with Gasteiger partial charge in [0.2, 0.25) is 0 Å². The van der Waals surface area contributed by atoms with Crippen LogP contribution in [0.4, 0.5) is 13.2 Å². The zero-order valence-corrected chi connectivity index (χ0v) is 8.72. The van der Waals surface area contributed by atoms with Crippen molar-refractivity contribution in [2.24, 2.45) is 0 Å². The third kappa shape index (κ3) is 3.41. The first-order valence-electron chi connectivity index (χ1n) is 4.32. The molecule has 1 rings (SSSR count). The Morgan fingerprint density at radius 3 is 2.62 bits per heavy atom. The average Bonchev–Trinajstić information content (AvgIpc) is 2.45. The fraction of sp³-hybridized carbons (Fsp3) is 0.500. The number of alkyl halides is 3. The van der Waals surface area contributed by atoms with Crippen molar-refractivity contribution in [3.8, 4) is 0 Å². The second-order valence-corrected chi connectivity index (χ2v) is 3.49. The standard InChI is InChI=1S/C8H8ClF3N2O2/c9-5-4-14(3-1-2-6(15)16)13-7(5)8(10,11)12/h4H,1-3H2,(H,15,16). The molecule has 0 aliphatic heterocycles. The van der Waals surface area contributed by atoms with Crippen molar-refractivity contribution >= 4 is 17.6 Å². The number of halogens is 4. The third-order valence-corrected chi connectivity index (χ3v) is 2.04. The molecule has 0 saturated carbocycles. The molecule has 0 spiro atoms. The molecule has 1 N–H and O–H groups in total. The summed E-state index contributed by atoms with van der Waals surface area (Å²) >= 11 is 5.35. The van der Waals surface area contributed by atoms with Gasteiger partial charge in [0, 0.05) is 19.2 Å². The number of hydrogen-bond acceptors (Lipinski definition) is 2. The van der Waals surface area contributed by atoms with Gasteiger partial charge in [0.25, 0.3) is 0 Å². The molecule has 0 unspecified atom stereocenters. The first-order valence-corrected chi connectivity index (χ1v) is 4.70. The molecule has 0 aromatic carbocycles. The highest BCUT2D eigenvalue weighted by atomic mass is 35.5. The van der Waals surface area contributed by atoms with Crippen molar-refractivity contribution in [3.05, 3.63) is 16.9 Å². The van der Waals surface area contributed by atoms with Crippen LogP contribution in [0.3, 0.4) is 0 Å². The second kappa shape index (κ2) is 4.73. The number of carboxylic acids is 1. The molecule has 0 amide bonds. The van der Waals surface area contributed by atoms with Gasteiger partial charge < -0.3 is 5.11 Å². The Bertz CT molecular complexity index is 389. The molecule has 16 heavy (non-hydrogen) atoms. The van der Waals surface area contributed by atoms with Gasteiger partial charge in [-0.2, -0.15) is 18.3 Å².